The number of benzene rings is 1. The summed E-state index contributed by atoms with van der Waals surface area (Å²) < 4.78 is 0. The van der Waals surface area contributed by atoms with Crippen molar-refractivity contribution < 1.29 is 4.79 Å². The molecule has 0 spiro atoms. The Bertz CT molecular complexity index is 903. The van der Waals surface area contributed by atoms with Gasteiger partial charge in [0.25, 0.3) is 5.91 Å². The summed E-state index contributed by atoms with van der Waals surface area (Å²) >= 11 is 0. The number of amides is 1. The molecule has 0 bridgehead atoms. The lowest BCUT2D eigenvalue weighted by molar-refractivity contribution is 0.0729. The summed E-state index contributed by atoms with van der Waals surface area (Å²) in [6, 6.07) is 8.37. The molecule has 2 aliphatic rings. The number of nitrogens with one attached hydrogen (secondary N) is 2. The maximum Gasteiger partial charge on any atom is 0.270 e. The number of aromatic amines is 2. The molecule has 1 amide bonds. The predicted molar refractivity (Wildman–Crippen MR) is 87.3 cm³/mol. The van der Waals surface area contributed by atoms with E-state index in [0.717, 1.165) is 29.7 Å². The molecule has 2 N–H and O–H groups in total. The highest BCUT2D eigenvalue weighted by Crippen LogP contribution is 2.43. The molecule has 0 atom stereocenters. The van der Waals surface area contributed by atoms with Gasteiger partial charge in [-0.05, 0) is 36.5 Å². The highest BCUT2D eigenvalue weighted by molar-refractivity contribution is 5.99. The Morgan fingerprint density at radius 1 is 1.30 bits per heavy atom. The van der Waals surface area contributed by atoms with Gasteiger partial charge in [0.15, 0.2) is 0 Å². The second-order valence-electron chi connectivity index (χ2n) is 6.62. The summed E-state index contributed by atoms with van der Waals surface area (Å²) in [4.78, 5) is 18.1. The van der Waals surface area contributed by atoms with Crippen LogP contribution in [0.3, 0.4) is 0 Å². The van der Waals surface area contributed by atoms with Gasteiger partial charge in [0, 0.05) is 41.7 Å². The number of hydrogen-bond acceptors (Lipinski definition) is 2. The van der Waals surface area contributed by atoms with Crippen molar-refractivity contribution in [2.45, 2.75) is 31.7 Å². The number of carbonyl (C=O) groups excluding carboxylic acids is 1. The first kappa shape index (κ1) is 12.9. The maximum atomic E-state index is 12.9. The van der Waals surface area contributed by atoms with Gasteiger partial charge >= 0.3 is 0 Å². The summed E-state index contributed by atoms with van der Waals surface area (Å²) in [7, 11) is 0. The summed E-state index contributed by atoms with van der Waals surface area (Å²) in [6.45, 7) is 1.37. The average molecular weight is 306 g/mol. The van der Waals surface area contributed by atoms with E-state index in [1.807, 2.05) is 17.2 Å². The van der Waals surface area contributed by atoms with E-state index in [0.29, 0.717) is 18.2 Å². The van der Waals surface area contributed by atoms with Crippen molar-refractivity contribution in [1.82, 2.24) is 20.1 Å². The molecule has 0 radical (unpaired) electrons. The van der Waals surface area contributed by atoms with Gasteiger partial charge in [0.2, 0.25) is 0 Å². The van der Waals surface area contributed by atoms with Gasteiger partial charge < -0.3 is 9.88 Å². The average Bonchev–Trinajstić information content (AvgIpc) is 3.15. The molecule has 0 unspecified atom stereocenters. The Morgan fingerprint density at radius 3 is 3.09 bits per heavy atom. The quantitative estimate of drug-likeness (QED) is 0.764. The van der Waals surface area contributed by atoms with E-state index in [4.69, 9.17) is 0 Å². The molecule has 2 aromatic heterocycles. The van der Waals surface area contributed by atoms with Crippen molar-refractivity contribution in [2.24, 2.45) is 0 Å². The molecule has 5 rings (SSSR count). The Labute approximate surface area is 133 Å². The van der Waals surface area contributed by atoms with Crippen molar-refractivity contribution in [2.75, 3.05) is 6.54 Å². The number of fused-ring (bicyclic) bond motifs is 2. The van der Waals surface area contributed by atoms with Crippen LogP contribution in [-0.4, -0.2) is 32.5 Å². The zero-order valence-electron chi connectivity index (χ0n) is 12.8. The van der Waals surface area contributed by atoms with E-state index in [-0.39, 0.29) is 5.91 Å². The number of aromatic nitrogens is 3. The second kappa shape index (κ2) is 4.72. The lowest BCUT2D eigenvalue weighted by atomic mass is 10.1. The maximum absolute atomic E-state index is 12.9. The lowest BCUT2D eigenvalue weighted by Gasteiger charge is -2.26. The van der Waals surface area contributed by atoms with Gasteiger partial charge in [-0.1, -0.05) is 12.1 Å². The lowest BCUT2D eigenvalue weighted by Crippen LogP contribution is -2.35. The number of H-pyrrole nitrogens is 2. The van der Waals surface area contributed by atoms with Gasteiger partial charge in [-0.15, -0.1) is 0 Å². The van der Waals surface area contributed by atoms with E-state index in [2.05, 4.69) is 33.4 Å². The van der Waals surface area contributed by atoms with E-state index < -0.39 is 0 Å². The van der Waals surface area contributed by atoms with Crippen molar-refractivity contribution >= 4 is 16.8 Å². The van der Waals surface area contributed by atoms with Crippen LogP contribution >= 0.6 is 0 Å². The molecular weight excluding hydrogens is 288 g/mol. The molecule has 3 heterocycles. The molecule has 0 saturated heterocycles. The Balaban J connectivity index is 1.48. The SMILES string of the molecule is O=C(c1cc2c(C3CC3)cccc2[nH]1)N1CCc2[nH]ncc2C1. The number of hydrogen-bond donors (Lipinski definition) is 2. The minimum Gasteiger partial charge on any atom is -0.351 e. The van der Waals surface area contributed by atoms with Crippen LogP contribution in [0.15, 0.2) is 30.5 Å². The molecule has 5 heteroatoms. The summed E-state index contributed by atoms with van der Waals surface area (Å²) in [6.07, 6.45) is 5.20. The molecular formula is C18H18N4O. The van der Waals surface area contributed by atoms with Gasteiger partial charge in [0.1, 0.15) is 5.69 Å². The van der Waals surface area contributed by atoms with Crippen LogP contribution in [0.2, 0.25) is 0 Å². The van der Waals surface area contributed by atoms with Crippen LogP contribution in [0.25, 0.3) is 10.9 Å². The van der Waals surface area contributed by atoms with Crippen LogP contribution in [0.4, 0.5) is 0 Å². The fraction of sp³-hybridized carbons (Fsp3) is 0.333. The molecule has 116 valence electrons. The Hall–Kier alpha value is -2.56. The first-order chi connectivity index (χ1) is 11.3. The Morgan fingerprint density at radius 2 is 2.22 bits per heavy atom. The topological polar surface area (TPSA) is 64.8 Å². The van der Waals surface area contributed by atoms with Crippen LogP contribution in [-0.2, 0) is 13.0 Å². The monoisotopic (exact) mass is 306 g/mol. The third-order valence-corrected chi connectivity index (χ3v) is 5.03. The van der Waals surface area contributed by atoms with Crippen molar-refractivity contribution in [1.29, 1.82) is 0 Å². The van der Waals surface area contributed by atoms with E-state index in [1.165, 1.54) is 23.8 Å². The van der Waals surface area contributed by atoms with Crippen molar-refractivity contribution in [3.05, 3.63) is 53.0 Å². The van der Waals surface area contributed by atoms with Gasteiger partial charge in [-0.25, -0.2) is 0 Å². The van der Waals surface area contributed by atoms with Gasteiger partial charge in [0.05, 0.1) is 6.20 Å². The molecule has 1 aliphatic carbocycles. The normalized spacial score (nSPS) is 17.5. The molecule has 3 aromatic rings. The largest absolute Gasteiger partial charge is 0.351 e. The Kier molecular flexibility index (Phi) is 2.65. The fourth-order valence-electron chi connectivity index (χ4n) is 3.61. The molecule has 1 saturated carbocycles. The third kappa shape index (κ3) is 2.07. The first-order valence-corrected chi connectivity index (χ1v) is 8.21. The minimum absolute atomic E-state index is 0.0785. The van der Waals surface area contributed by atoms with Crippen LogP contribution < -0.4 is 0 Å². The molecule has 23 heavy (non-hydrogen) atoms. The van der Waals surface area contributed by atoms with E-state index >= 15 is 0 Å². The van der Waals surface area contributed by atoms with Gasteiger partial charge in [-0.3, -0.25) is 9.89 Å². The molecule has 5 nitrogen and oxygen atoms in total. The highest BCUT2D eigenvalue weighted by Gasteiger charge is 2.27. The van der Waals surface area contributed by atoms with Crippen molar-refractivity contribution in [3.63, 3.8) is 0 Å². The summed E-state index contributed by atoms with van der Waals surface area (Å²) in [5.74, 6) is 0.760. The highest BCUT2D eigenvalue weighted by atomic mass is 16.2. The van der Waals surface area contributed by atoms with E-state index in [9.17, 15) is 4.79 Å². The zero-order valence-corrected chi connectivity index (χ0v) is 12.8. The van der Waals surface area contributed by atoms with Crippen molar-refractivity contribution in [3.8, 4) is 0 Å². The van der Waals surface area contributed by atoms with Crippen LogP contribution in [0, 0.1) is 0 Å². The first-order valence-electron chi connectivity index (χ1n) is 8.21. The number of carbonyl (C=O) groups is 1. The van der Waals surface area contributed by atoms with Crippen LogP contribution in [0.1, 0.15) is 46.1 Å². The fourth-order valence-corrected chi connectivity index (χ4v) is 3.61. The molecule has 1 aliphatic heterocycles. The third-order valence-electron chi connectivity index (χ3n) is 5.03. The number of nitrogens with zero attached hydrogens (tertiary/aromatic N) is 2. The van der Waals surface area contributed by atoms with Gasteiger partial charge in [-0.2, -0.15) is 5.10 Å². The second-order valence-corrected chi connectivity index (χ2v) is 6.62. The summed E-state index contributed by atoms with van der Waals surface area (Å²) in [5, 5.41) is 8.29. The minimum atomic E-state index is 0.0785. The smallest absolute Gasteiger partial charge is 0.270 e. The van der Waals surface area contributed by atoms with Crippen LogP contribution in [0.5, 0.6) is 0 Å². The zero-order chi connectivity index (χ0) is 15.4. The standard InChI is InChI=1S/C18H18N4O/c23-18(22-7-6-15-12(10-22)9-19-21-15)17-8-14-13(11-4-5-11)2-1-3-16(14)20-17/h1-3,8-9,11,20H,4-7,10H2,(H,19,21). The number of rotatable bonds is 2. The molecule has 1 fully saturated rings. The summed E-state index contributed by atoms with van der Waals surface area (Å²) in [5.41, 5.74) is 5.42. The predicted octanol–water partition coefficient (Wildman–Crippen LogP) is 2.97. The molecule has 1 aromatic carbocycles. The van der Waals surface area contributed by atoms with E-state index in [1.54, 1.807) is 0 Å².